The normalized spacial score (nSPS) is 12.8. The van der Waals surface area contributed by atoms with Gasteiger partial charge in [0.25, 0.3) is 0 Å². The van der Waals surface area contributed by atoms with Crippen LogP contribution in [-0.2, 0) is 0 Å². The molecule has 1 aromatic heterocycles. The van der Waals surface area contributed by atoms with E-state index in [2.05, 4.69) is 173 Å². The number of rotatable bonds is 3. The lowest BCUT2D eigenvalue weighted by molar-refractivity contribution is 1.18. The Hall–Kier alpha value is -5.80. The zero-order valence-electron chi connectivity index (χ0n) is 24.6. The maximum atomic E-state index is 2.61. The molecule has 0 aliphatic carbocycles. The van der Waals surface area contributed by atoms with E-state index in [0.29, 0.717) is 0 Å². The highest BCUT2D eigenvalue weighted by Crippen LogP contribution is 2.48. The molecule has 0 bridgehead atoms. The van der Waals surface area contributed by atoms with E-state index in [1.165, 1.54) is 83.2 Å². The van der Waals surface area contributed by atoms with Gasteiger partial charge in [-0.1, -0.05) is 133 Å². The molecule has 0 radical (unpaired) electrons. The summed E-state index contributed by atoms with van der Waals surface area (Å²) in [5.41, 5.74) is 16.5. The van der Waals surface area contributed by atoms with Crippen LogP contribution in [0.1, 0.15) is 0 Å². The maximum absolute atomic E-state index is 2.61. The highest BCUT2D eigenvalue weighted by Gasteiger charge is 2.44. The Balaban J connectivity index is 1.35. The number of anilines is 2. The van der Waals surface area contributed by atoms with Gasteiger partial charge < -0.3 is 9.38 Å². The van der Waals surface area contributed by atoms with Crippen molar-refractivity contribution in [2.75, 3.05) is 4.81 Å². The second-order valence-electron chi connectivity index (χ2n) is 12.1. The zero-order chi connectivity index (χ0) is 29.5. The first-order chi connectivity index (χ1) is 22.4. The van der Waals surface area contributed by atoms with Crippen molar-refractivity contribution < 1.29 is 0 Å². The van der Waals surface area contributed by atoms with Crippen molar-refractivity contribution in [1.82, 2.24) is 4.57 Å². The van der Waals surface area contributed by atoms with E-state index < -0.39 is 0 Å². The molecule has 208 valence electrons. The Morgan fingerprint density at radius 3 is 1.93 bits per heavy atom. The minimum absolute atomic E-state index is 0.0151. The van der Waals surface area contributed by atoms with Crippen LogP contribution in [0.15, 0.2) is 164 Å². The molecule has 0 saturated carbocycles. The number of benzene rings is 7. The van der Waals surface area contributed by atoms with E-state index in [-0.39, 0.29) is 6.85 Å². The third-order valence-electron chi connectivity index (χ3n) is 9.76. The van der Waals surface area contributed by atoms with E-state index in [1.54, 1.807) is 0 Å². The van der Waals surface area contributed by atoms with E-state index in [9.17, 15) is 0 Å². The fourth-order valence-electron chi connectivity index (χ4n) is 7.97. The molecule has 0 atom stereocenters. The van der Waals surface area contributed by atoms with Gasteiger partial charge >= 0.3 is 6.85 Å². The second kappa shape index (κ2) is 9.35. The SMILES string of the molecule is c1ccc(-c2cccc(N3B4c5c(cccc5-n5c6ccccc6c6cccc4c65)-c4c(-c5ccccc5)cccc43)c2)cc1. The molecule has 8 aromatic rings. The van der Waals surface area contributed by atoms with E-state index >= 15 is 0 Å². The number of nitrogens with zero attached hydrogens (tertiary/aromatic N) is 2. The van der Waals surface area contributed by atoms with Gasteiger partial charge in [0, 0.05) is 33.4 Å². The van der Waals surface area contributed by atoms with Gasteiger partial charge in [0.15, 0.2) is 0 Å². The fraction of sp³-hybridized carbons (Fsp3) is 0. The lowest BCUT2D eigenvalue weighted by Gasteiger charge is -2.42. The van der Waals surface area contributed by atoms with Crippen molar-refractivity contribution in [2.24, 2.45) is 0 Å². The molecule has 0 N–H and O–H groups in total. The number of aromatic nitrogens is 1. The Morgan fingerprint density at radius 2 is 1.09 bits per heavy atom. The van der Waals surface area contributed by atoms with Crippen molar-refractivity contribution >= 4 is 51.0 Å². The van der Waals surface area contributed by atoms with Gasteiger partial charge in [-0.15, -0.1) is 0 Å². The third-order valence-corrected chi connectivity index (χ3v) is 9.76. The van der Waals surface area contributed by atoms with Crippen LogP contribution < -0.4 is 15.7 Å². The fourth-order valence-corrected chi connectivity index (χ4v) is 7.97. The highest BCUT2D eigenvalue weighted by molar-refractivity contribution is 6.93. The first-order valence-corrected chi connectivity index (χ1v) is 15.7. The van der Waals surface area contributed by atoms with Crippen molar-refractivity contribution in [3.05, 3.63) is 164 Å². The van der Waals surface area contributed by atoms with Gasteiger partial charge in [0.05, 0.1) is 11.0 Å². The summed E-state index contributed by atoms with van der Waals surface area (Å²) in [7, 11) is 0. The highest BCUT2D eigenvalue weighted by atomic mass is 15.1. The van der Waals surface area contributed by atoms with Gasteiger partial charge in [0.1, 0.15) is 0 Å². The molecule has 2 aliphatic rings. The number of fused-ring (bicyclic) bond motifs is 7. The molecule has 0 amide bonds. The standard InChI is InChI=1S/C42H27BN2/c1-3-13-28(14-4-1)30-17-9-18-31(27-30)45-38-25-11-20-32(29-15-5-2-6-16-29)40(38)35-22-12-26-39-41(35)43(45)36-23-10-21-34-33-19-7-8-24-37(33)44(39)42(34)36/h1-27H. The van der Waals surface area contributed by atoms with Crippen molar-refractivity contribution in [3.8, 4) is 39.1 Å². The molecule has 10 rings (SSSR count). The average molecular weight is 571 g/mol. The molecule has 2 nitrogen and oxygen atoms in total. The minimum Gasteiger partial charge on any atom is -0.376 e. The minimum atomic E-state index is 0.0151. The molecule has 3 heterocycles. The van der Waals surface area contributed by atoms with Gasteiger partial charge in [-0.2, -0.15) is 0 Å². The van der Waals surface area contributed by atoms with Gasteiger partial charge in [-0.3, -0.25) is 0 Å². The largest absolute Gasteiger partial charge is 0.376 e. The van der Waals surface area contributed by atoms with Gasteiger partial charge in [0.2, 0.25) is 0 Å². The Bertz CT molecular complexity index is 2440. The lowest BCUT2D eigenvalue weighted by Crippen LogP contribution is -2.60. The van der Waals surface area contributed by atoms with E-state index in [1.807, 2.05) is 0 Å². The number of hydrogen-bond donors (Lipinski definition) is 0. The maximum Gasteiger partial charge on any atom is 0.333 e. The number of para-hydroxylation sites is 2. The predicted octanol–water partition coefficient (Wildman–Crippen LogP) is 9.36. The first-order valence-electron chi connectivity index (χ1n) is 15.7. The van der Waals surface area contributed by atoms with Gasteiger partial charge in [-0.05, 0) is 69.1 Å². The Kier molecular flexibility index (Phi) is 5.12. The number of hydrogen-bond acceptors (Lipinski definition) is 1. The molecule has 7 aromatic carbocycles. The van der Waals surface area contributed by atoms with Crippen LogP contribution in [0.25, 0.3) is 60.9 Å². The summed E-state index contributed by atoms with van der Waals surface area (Å²) in [6, 6.07) is 60.1. The molecule has 0 saturated heterocycles. The van der Waals surface area contributed by atoms with Gasteiger partial charge in [-0.25, -0.2) is 0 Å². The smallest absolute Gasteiger partial charge is 0.333 e. The third kappa shape index (κ3) is 3.41. The van der Waals surface area contributed by atoms with Crippen molar-refractivity contribution in [3.63, 3.8) is 0 Å². The van der Waals surface area contributed by atoms with Crippen LogP contribution >= 0.6 is 0 Å². The predicted molar refractivity (Wildman–Crippen MR) is 191 cm³/mol. The molecule has 2 aliphatic heterocycles. The van der Waals surface area contributed by atoms with Crippen molar-refractivity contribution in [2.45, 2.75) is 0 Å². The van der Waals surface area contributed by atoms with Crippen LogP contribution in [0.3, 0.4) is 0 Å². The van der Waals surface area contributed by atoms with Crippen LogP contribution in [-0.4, -0.2) is 11.4 Å². The average Bonchev–Trinajstić information content (AvgIpc) is 3.46. The molecular weight excluding hydrogens is 543 g/mol. The van der Waals surface area contributed by atoms with Crippen molar-refractivity contribution in [1.29, 1.82) is 0 Å². The summed E-state index contributed by atoms with van der Waals surface area (Å²) in [6.07, 6.45) is 0. The zero-order valence-corrected chi connectivity index (χ0v) is 24.6. The summed E-state index contributed by atoms with van der Waals surface area (Å²) >= 11 is 0. The van der Waals surface area contributed by atoms with Crippen LogP contribution in [0.5, 0.6) is 0 Å². The summed E-state index contributed by atoms with van der Waals surface area (Å²) in [5.74, 6) is 0. The molecule has 3 heteroatoms. The summed E-state index contributed by atoms with van der Waals surface area (Å²) in [4.78, 5) is 2.61. The van der Waals surface area contributed by atoms with E-state index in [4.69, 9.17) is 0 Å². The molecule has 0 fully saturated rings. The summed E-state index contributed by atoms with van der Waals surface area (Å²) < 4.78 is 2.52. The van der Waals surface area contributed by atoms with E-state index in [0.717, 1.165) is 0 Å². The summed E-state index contributed by atoms with van der Waals surface area (Å²) in [5, 5.41) is 2.60. The monoisotopic (exact) mass is 570 g/mol. The Labute approximate surface area is 262 Å². The molecule has 0 unspecified atom stereocenters. The molecule has 0 spiro atoms. The Morgan fingerprint density at radius 1 is 0.444 bits per heavy atom. The lowest BCUT2D eigenvalue weighted by atomic mass is 9.44. The topological polar surface area (TPSA) is 8.17 Å². The molecular formula is C42H27BN2. The van der Waals surface area contributed by atoms with Crippen LogP contribution in [0, 0.1) is 0 Å². The van der Waals surface area contributed by atoms with Crippen LogP contribution in [0.2, 0.25) is 0 Å². The molecule has 45 heavy (non-hydrogen) atoms. The van der Waals surface area contributed by atoms with Crippen LogP contribution in [0.4, 0.5) is 11.4 Å². The summed E-state index contributed by atoms with van der Waals surface area (Å²) in [6.45, 7) is 0.0151. The first kappa shape index (κ1) is 24.6. The quantitative estimate of drug-likeness (QED) is 0.192. The second-order valence-corrected chi connectivity index (χ2v) is 12.1.